The van der Waals surface area contributed by atoms with E-state index in [4.69, 9.17) is 38.7 Å². The first-order valence-corrected chi connectivity index (χ1v) is 11.1. The predicted molar refractivity (Wildman–Crippen MR) is 126 cm³/mol. The summed E-state index contributed by atoms with van der Waals surface area (Å²) in [5, 5.41) is 4.61. The van der Waals surface area contributed by atoms with Gasteiger partial charge in [0.2, 0.25) is 5.91 Å². The van der Waals surface area contributed by atoms with Gasteiger partial charge < -0.3 is 20.7 Å². The second kappa shape index (κ2) is 9.07. The van der Waals surface area contributed by atoms with Gasteiger partial charge in [0.1, 0.15) is 5.84 Å². The first-order chi connectivity index (χ1) is 14.9. The summed E-state index contributed by atoms with van der Waals surface area (Å²) >= 11 is 12.7. The maximum atomic E-state index is 11.6. The Kier molecular flexibility index (Phi) is 6.42. The molecule has 0 bridgehead atoms. The number of nitrogens with zero attached hydrogens (tertiary/aromatic N) is 2. The van der Waals surface area contributed by atoms with E-state index in [9.17, 15) is 4.79 Å². The van der Waals surface area contributed by atoms with Gasteiger partial charge in [-0.25, -0.2) is 0 Å². The van der Waals surface area contributed by atoms with Gasteiger partial charge in [0.05, 0.1) is 33.5 Å². The summed E-state index contributed by atoms with van der Waals surface area (Å²) in [4.78, 5) is 18.8. The third-order valence-corrected chi connectivity index (χ3v) is 6.53. The van der Waals surface area contributed by atoms with E-state index >= 15 is 0 Å². The molecule has 0 saturated carbocycles. The summed E-state index contributed by atoms with van der Waals surface area (Å²) in [7, 11) is 0. The molecule has 0 aromatic heterocycles. The molecule has 0 unspecified atom stereocenters. The van der Waals surface area contributed by atoms with Gasteiger partial charge in [-0.15, -0.1) is 0 Å². The molecule has 0 radical (unpaired) electrons. The molecule has 4 rings (SSSR count). The van der Waals surface area contributed by atoms with Gasteiger partial charge in [-0.05, 0) is 24.6 Å². The lowest BCUT2D eigenvalue weighted by molar-refractivity contribution is -0.117. The Morgan fingerprint density at radius 3 is 2.68 bits per heavy atom. The topological polar surface area (TPSA) is 80.0 Å². The number of hydrogen-bond acceptors (Lipinski definition) is 4. The number of benzene rings is 2. The minimum Gasteiger partial charge on any atom is -0.381 e. The van der Waals surface area contributed by atoms with Crippen molar-refractivity contribution in [2.24, 2.45) is 10.7 Å². The van der Waals surface area contributed by atoms with Crippen molar-refractivity contribution in [2.45, 2.75) is 38.3 Å². The smallest absolute Gasteiger partial charge is 0.219 e. The summed E-state index contributed by atoms with van der Waals surface area (Å²) in [6.07, 6.45) is 1.72. The number of primary amides is 1. The Bertz CT molecular complexity index is 1020. The number of aliphatic imine (C=N–C) groups is 1. The lowest BCUT2D eigenvalue weighted by atomic mass is 9.84. The molecule has 2 aliphatic rings. The van der Waals surface area contributed by atoms with Crippen LogP contribution in [0.1, 0.15) is 30.4 Å². The van der Waals surface area contributed by atoms with Gasteiger partial charge in [0.25, 0.3) is 0 Å². The quantitative estimate of drug-likeness (QED) is 0.685. The minimum absolute atomic E-state index is 0.204. The molecular weight excluding hydrogens is 435 g/mol. The standard InChI is InChI=1S/C23H26Cl2N4O2/c1-15-3-2-4-16(11-15)14-27-22-23(6-9-31-10-7-23)28-19-12-17(24)18(25)13-20(19)29(22)8-5-21(26)30/h2-4,11-13,28H,5-10,14H2,1H3,(H2,26,30). The van der Waals surface area contributed by atoms with E-state index in [1.54, 1.807) is 0 Å². The fraction of sp³-hybridized carbons (Fsp3) is 0.391. The van der Waals surface area contributed by atoms with Crippen LogP contribution in [0.3, 0.4) is 0 Å². The summed E-state index contributed by atoms with van der Waals surface area (Å²) in [6, 6.07) is 12.0. The Hall–Kier alpha value is -2.28. The summed E-state index contributed by atoms with van der Waals surface area (Å²) < 4.78 is 5.65. The van der Waals surface area contributed by atoms with Crippen LogP contribution in [0.15, 0.2) is 41.4 Å². The average Bonchev–Trinajstić information content (AvgIpc) is 2.73. The zero-order valence-corrected chi connectivity index (χ0v) is 19.0. The van der Waals surface area contributed by atoms with E-state index in [1.165, 1.54) is 5.56 Å². The van der Waals surface area contributed by atoms with Crippen molar-refractivity contribution in [3.63, 3.8) is 0 Å². The predicted octanol–water partition coefficient (Wildman–Crippen LogP) is 4.56. The average molecular weight is 461 g/mol. The highest BCUT2D eigenvalue weighted by molar-refractivity contribution is 6.42. The van der Waals surface area contributed by atoms with Gasteiger partial charge >= 0.3 is 0 Å². The van der Waals surface area contributed by atoms with Gasteiger partial charge in [-0.2, -0.15) is 0 Å². The number of hydrogen-bond donors (Lipinski definition) is 2. The molecule has 1 saturated heterocycles. The molecule has 2 aromatic rings. The maximum absolute atomic E-state index is 11.6. The molecule has 3 N–H and O–H groups in total. The molecule has 1 fully saturated rings. The first-order valence-electron chi connectivity index (χ1n) is 10.4. The Labute approximate surface area is 192 Å². The number of carbonyl (C=O) groups is 1. The maximum Gasteiger partial charge on any atom is 0.219 e. The number of amidine groups is 1. The van der Waals surface area contributed by atoms with E-state index in [0.29, 0.717) is 36.3 Å². The van der Waals surface area contributed by atoms with Crippen LogP contribution >= 0.6 is 23.2 Å². The van der Waals surface area contributed by atoms with Crippen LogP contribution < -0.4 is 16.0 Å². The molecule has 0 aliphatic carbocycles. The normalized spacial score (nSPS) is 18.7. The fourth-order valence-electron chi connectivity index (χ4n) is 4.28. The molecule has 1 amide bonds. The zero-order valence-electron chi connectivity index (χ0n) is 17.5. The van der Waals surface area contributed by atoms with Crippen molar-refractivity contribution in [3.8, 4) is 0 Å². The van der Waals surface area contributed by atoms with Gasteiger partial charge in [0.15, 0.2) is 0 Å². The number of carbonyl (C=O) groups excluding carboxylic acids is 1. The molecule has 2 aromatic carbocycles. The van der Waals surface area contributed by atoms with Crippen LogP contribution in [-0.2, 0) is 16.1 Å². The van der Waals surface area contributed by atoms with E-state index in [2.05, 4.69) is 35.3 Å². The van der Waals surface area contributed by atoms with Crippen molar-refractivity contribution >= 4 is 46.3 Å². The Morgan fingerprint density at radius 1 is 1.23 bits per heavy atom. The van der Waals surface area contributed by atoms with Crippen molar-refractivity contribution in [1.82, 2.24) is 0 Å². The van der Waals surface area contributed by atoms with Gasteiger partial charge in [-0.3, -0.25) is 9.79 Å². The van der Waals surface area contributed by atoms with E-state index in [1.807, 2.05) is 18.2 Å². The number of anilines is 2. The second-order valence-corrected chi connectivity index (χ2v) is 8.91. The SMILES string of the molecule is Cc1cccc(CN=C2N(CCC(N)=O)c3cc(Cl)c(Cl)cc3NC23CCOCC3)c1. The molecule has 2 heterocycles. The van der Waals surface area contributed by atoms with Crippen LogP contribution in [0, 0.1) is 6.92 Å². The van der Waals surface area contributed by atoms with Crippen LogP contribution in [0.2, 0.25) is 10.0 Å². The zero-order chi connectivity index (χ0) is 22.0. The highest BCUT2D eigenvalue weighted by Gasteiger charge is 2.45. The molecule has 6 nitrogen and oxygen atoms in total. The van der Waals surface area contributed by atoms with E-state index in [-0.39, 0.29) is 12.3 Å². The first kappa shape index (κ1) is 21.9. The molecule has 164 valence electrons. The molecular formula is C23H26Cl2N4O2. The molecule has 0 atom stereocenters. The highest BCUT2D eigenvalue weighted by atomic mass is 35.5. The fourth-order valence-corrected chi connectivity index (χ4v) is 4.60. The molecule has 31 heavy (non-hydrogen) atoms. The molecule has 2 aliphatic heterocycles. The number of nitrogens with two attached hydrogens (primary N) is 1. The van der Waals surface area contributed by atoms with Gasteiger partial charge in [0, 0.05) is 39.0 Å². The highest BCUT2D eigenvalue weighted by Crippen LogP contribution is 2.44. The van der Waals surface area contributed by atoms with Crippen molar-refractivity contribution < 1.29 is 9.53 Å². The molecule has 8 heteroatoms. The van der Waals surface area contributed by atoms with Crippen LogP contribution in [0.25, 0.3) is 0 Å². The number of nitrogens with one attached hydrogen (secondary N) is 1. The third-order valence-electron chi connectivity index (χ3n) is 5.81. The van der Waals surface area contributed by atoms with Crippen molar-refractivity contribution in [2.75, 3.05) is 30.0 Å². The third kappa shape index (κ3) is 4.66. The molecule has 1 spiro atoms. The number of amides is 1. The van der Waals surface area contributed by atoms with Crippen LogP contribution in [0.5, 0.6) is 0 Å². The monoisotopic (exact) mass is 460 g/mol. The Morgan fingerprint density at radius 2 is 1.97 bits per heavy atom. The number of rotatable bonds is 5. The van der Waals surface area contributed by atoms with Crippen molar-refractivity contribution in [1.29, 1.82) is 0 Å². The summed E-state index contributed by atoms with van der Waals surface area (Å²) in [6.45, 7) is 4.26. The summed E-state index contributed by atoms with van der Waals surface area (Å²) in [5.41, 5.74) is 9.11. The number of ether oxygens (including phenoxy) is 1. The van der Waals surface area contributed by atoms with E-state index < -0.39 is 5.54 Å². The minimum atomic E-state index is -0.413. The lowest BCUT2D eigenvalue weighted by Gasteiger charge is -2.48. The largest absolute Gasteiger partial charge is 0.381 e. The van der Waals surface area contributed by atoms with Gasteiger partial charge in [-0.1, -0.05) is 53.0 Å². The van der Waals surface area contributed by atoms with Crippen LogP contribution in [-0.4, -0.2) is 37.0 Å². The second-order valence-electron chi connectivity index (χ2n) is 8.10. The summed E-state index contributed by atoms with van der Waals surface area (Å²) in [5.74, 6) is 0.517. The number of aryl methyl sites for hydroxylation is 1. The number of halogens is 2. The van der Waals surface area contributed by atoms with Crippen molar-refractivity contribution in [3.05, 3.63) is 57.6 Å². The Balaban J connectivity index is 1.81. The van der Waals surface area contributed by atoms with E-state index in [0.717, 1.165) is 35.6 Å². The number of fused-ring (bicyclic) bond motifs is 1. The lowest BCUT2D eigenvalue weighted by Crippen LogP contribution is -2.60. The van der Waals surface area contributed by atoms with Crippen LogP contribution in [0.4, 0.5) is 11.4 Å².